The van der Waals surface area contributed by atoms with Gasteiger partial charge in [-0.25, -0.2) is 4.79 Å². The molecule has 2 aromatic rings. The second-order valence-corrected chi connectivity index (χ2v) is 4.74. The Labute approximate surface area is 126 Å². The summed E-state index contributed by atoms with van der Waals surface area (Å²) in [6.07, 6.45) is 1.41. The smallest absolute Gasteiger partial charge is 0.348 e. The predicted molar refractivity (Wildman–Crippen MR) is 79.8 cm³/mol. The van der Waals surface area contributed by atoms with Crippen molar-refractivity contribution in [3.8, 4) is 11.5 Å². The normalized spacial score (nSPS) is 16.2. The summed E-state index contributed by atoms with van der Waals surface area (Å²) in [6.45, 7) is 0. The van der Waals surface area contributed by atoms with Crippen LogP contribution in [0.5, 0.6) is 11.5 Å². The lowest BCUT2D eigenvalue weighted by Gasteiger charge is -2.01. The van der Waals surface area contributed by atoms with Crippen LogP contribution in [0, 0.1) is 0 Å². The van der Waals surface area contributed by atoms with Crippen molar-refractivity contribution < 1.29 is 24.9 Å². The van der Waals surface area contributed by atoms with Crippen molar-refractivity contribution in [2.24, 2.45) is 0 Å². The van der Waals surface area contributed by atoms with Crippen molar-refractivity contribution in [2.45, 2.75) is 0 Å². The molecular formula is C17H12O5. The number of carbonyl (C=O) groups excluding carboxylic acids is 1. The number of aliphatic hydroxyl groups excluding tert-OH is 1. The fourth-order valence-corrected chi connectivity index (χ4v) is 2.16. The Morgan fingerprint density at radius 2 is 1.64 bits per heavy atom. The Morgan fingerprint density at radius 3 is 2.32 bits per heavy atom. The zero-order valence-electron chi connectivity index (χ0n) is 11.4. The monoisotopic (exact) mass is 296 g/mol. The van der Waals surface area contributed by atoms with E-state index in [-0.39, 0.29) is 28.6 Å². The maximum Gasteiger partial charge on any atom is 0.348 e. The maximum atomic E-state index is 11.9. The van der Waals surface area contributed by atoms with Crippen LogP contribution >= 0.6 is 0 Å². The molecule has 0 bridgehead atoms. The SMILES string of the molecule is O=C1O/C(=C/c2ccc(O)c(O)c2)C(O)=C1c1ccccc1. The van der Waals surface area contributed by atoms with Crippen LogP contribution in [0.4, 0.5) is 0 Å². The fraction of sp³-hybridized carbons (Fsp3) is 0. The molecule has 22 heavy (non-hydrogen) atoms. The molecule has 0 unspecified atom stereocenters. The summed E-state index contributed by atoms with van der Waals surface area (Å²) >= 11 is 0. The van der Waals surface area contributed by atoms with Crippen molar-refractivity contribution in [1.82, 2.24) is 0 Å². The molecule has 0 radical (unpaired) electrons. The first-order chi connectivity index (χ1) is 10.6. The van der Waals surface area contributed by atoms with Gasteiger partial charge in [0.25, 0.3) is 0 Å². The lowest BCUT2D eigenvalue weighted by molar-refractivity contribution is -0.131. The summed E-state index contributed by atoms with van der Waals surface area (Å²) in [5.74, 6) is -1.46. The molecule has 0 amide bonds. The first kappa shape index (κ1) is 13.8. The summed E-state index contributed by atoms with van der Waals surface area (Å²) in [4.78, 5) is 11.9. The predicted octanol–water partition coefficient (Wildman–Crippen LogP) is 2.96. The van der Waals surface area contributed by atoms with Crippen LogP contribution in [0.25, 0.3) is 11.6 Å². The van der Waals surface area contributed by atoms with Gasteiger partial charge in [0, 0.05) is 0 Å². The number of phenolic OH excluding ortho intramolecular Hbond substituents is 2. The van der Waals surface area contributed by atoms with Gasteiger partial charge >= 0.3 is 5.97 Å². The number of esters is 1. The quantitative estimate of drug-likeness (QED) is 0.586. The van der Waals surface area contributed by atoms with Gasteiger partial charge in [-0.1, -0.05) is 36.4 Å². The van der Waals surface area contributed by atoms with E-state index < -0.39 is 5.97 Å². The molecule has 1 aliphatic rings. The van der Waals surface area contributed by atoms with Crippen molar-refractivity contribution in [2.75, 3.05) is 0 Å². The van der Waals surface area contributed by atoms with Crippen LogP contribution in [0.1, 0.15) is 11.1 Å². The van der Waals surface area contributed by atoms with E-state index in [1.165, 1.54) is 24.3 Å². The molecule has 0 fully saturated rings. The first-order valence-electron chi connectivity index (χ1n) is 6.51. The van der Waals surface area contributed by atoms with E-state index in [4.69, 9.17) is 4.74 Å². The summed E-state index contributed by atoms with van der Waals surface area (Å²) in [5, 5.41) is 28.9. The van der Waals surface area contributed by atoms with Crippen molar-refractivity contribution >= 4 is 17.6 Å². The molecule has 0 atom stereocenters. The third-order valence-electron chi connectivity index (χ3n) is 3.24. The van der Waals surface area contributed by atoms with E-state index in [9.17, 15) is 20.1 Å². The lowest BCUT2D eigenvalue weighted by Crippen LogP contribution is -1.98. The molecule has 1 aliphatic heterocycles. The Kier molecular flexibility index (Phi) is 3.31. The third kappa shape index (κ3) is 2.40. The average Bonchev–Trinajstić information content (AvgIpc) is 2.78. The van der Waals surface area contributed by atoms with Crippen LogP contribution in [-0.4, -0.2) is 21.3 Å². The summed E-state index contributed by atoms with van der Waals surface area (Å²) < 4.78 is 5.07. The molecule has 5 heteroatoms. The highest BCUT2D eigenvalue weighted by Gasteiger charge is 2.30. The van der Waals surface area contributed by atoms with E-state index in [1.807, 2.05) is 0 Å². The number of benzene rings is 2. The number of hydrogen-bond donors (Lipinski definition) is 3. The molecule has 110 valence electrons. The number of rotatable bonds is 2. The summed E-state index contributed by atoms with van der Waals surface area (Å²) in [5.41, 5.74) is 1.12. The van der Waals surface area contributed by atoms with E-state index in [2.05, 4.69) is 0 Å². The largest absolute Gasteiger partial charge is 0.504 e. The Balaban J connectivity index is 2.02. The number of aliphatic hydroxyl groups is 1. The van der Waals surface area contributed by atoms with Crippen LogP contribution in [0.15, 0.2) is 60.0 Å². The highest BCUT2D eigenvalue weighted by atomic mass is 16.6. The second kappa shape index (κ2) is 5.29. The molecule has 3 N–H and O–H groups in total. The number of phenols is 2. The van der Waals surface area contributed by atoms with Crippen LogP contribution in [0.2, 0.25) is 0 Å². The molecular weight excluding hydrogens is 284 g/mol. The van der Waals surface area contributed by atoms with Gasteiger partial charge in [0.2, 0.25) is 0 Å². The van der Waals surface area contributed by atoms with E-state index in [1.54, 1.807) is 30.3 Å². The molecule has 0 aliphatic carbocycles. The maximum absolute atomic E-state index is 11.9. The standard InChI is InChI=1S/C17H12O5/c18-12-7-6-10(8-13(12)19)9-14-16(20)15(17(21)22-14)11-4-2-1-3-5-11/h1-9,18-20H/b14-9+. The number of hydrogen-bond acceptors (Lipinski definition) is 5. The minimum absolute atomic E-state index is 0.00561. The molecule has 3 rings (SSSR count). The second-order valence-electron chi connectivity index (χ2n) is 4.74. The Morgan fingerprint density at radius 1 is 0.909 bits per heavy atom. The molecule has 0 aromatic heterocycles. The number of ether oxygens (including phenoxy) is 1. The van der Waals surface area contributed by atoms with Gasteiger partial charge in [0.05, 0.1) is 0 Å². The van der Waals surface area contributed by atoms with Gasteiger partial charge in [0.15, 0.2) is 23.0 Å². The highest BCUT2D eigenvalue weighted by molar-refractivity contribution is 6.20. The van der Waals surface area contributed by atoms with Gasteiger partial charge in [-0.2, -0.15) is 0 Å². The fourth-order valence-electron chi connectivity index (χ4n) is 2.16. The zero-order chi connectivity index (χ0) is 15.7. The average molecular weight is 296 g/mol. The van der Waals surface area contributed by atoms with E-state index in [0.717, 1.165) is 0 Å². The minimum atomic E-state index is -0.641. The zero-order valence-corrected chi connectivity index (χ0v) is 11.4. The molecule has 0 spiro atoms. The van der Waals surface area contributed by atoms with Gasteiger partial charge < -0.3 is 20.1 Å². The molecule has 1 heterocycles. The molecule has 5 nitrogen and oxygen atoms in total. The Hall–Kier alpha value is -3.21. The van der Waals surface area contributed by atoms with Gasteiger partial charge in [-0.15, -0.1) is 0 Å². The minimum Gasteiger partial charge on any atom is -0.504 e. The van der Waals surface area contributed by atoms with Crippen molar-refractivity contribution in [3.05, 3.63) is 71.2 Å². The number of carbonyl (C=O) groups is 1. The first-order valence-corrected chi connectivity index (χ1v) is 6.51. The number of cyclic esters (lactones) is 1. The molecule has 0 saturated heterocycles. The van der Waals surface area contributed by atoms with E-state index >= 15 is 0 Å². The third-order valence-corrected chi connectivity index (χ3v) is 3.24. The van der Waals surface area contributed by atoms with Crippen LogP contribution in [-0.2, 0) is 9.53 Å². The lowest BCUT2D eigenvalue weighted by atomic mass is 10.1. The topological polar surface area (TPSA) is 87.0 Å². The Bertz CT molecular complexity index is 803. The summed E-state index contributed by atoms with van der Waals surface area (Å²) in [7, 11) is 0. The summed E-state index contributed by atoms with van der Waals surface area (Å²) in [6, 6.07) is 12.8. The number of aromatic hydroxyl groups is 2. The van der Waals surface area contributed by atoms with Gasteiger partial charge in [-0.3, -0.25) is 0 Å². The van der Waals surface area contributed by atoms with Gasteiger partial charge in [-0.05, 0) is 29.3 Å². The highest BCUT2D eigenvalue weighted by Crippen LogP contribution is 2.33. The van der Waals surface area contributed by atoms with Crippen molar-refractivity contribution in [3.63, 3.8) is 0 Å². The van der Waals surface area contributed by atoms with Crippen LogP contribution in [0.3, 0.4) is 0 Å². The van der Waals surface area contributed by atoms with Gasteiger partial charge in [0.1, 0.15) is 5.57 Å². The van der Waals surface area contributed by atoms with E-state index in [0.29, 0.717) is 11.1 Å². The molecule has 0 saturated carbocycles. The molecule has 2 aromatic carbocycles. The van der Waals surface area contributed by atoms with Crippen LogP contribution < -0.4 is 0 Å². The van der Waals surface area contributed by atoms with Crippen molar-refractivity contribution in [1.29, 1.82) is 0 Å².